The Kier molecular flexibility index (Phi) is 3.03. The lowest BCUT2D eigenvalue weighted by atomic mass is 9.84. The second-order valence-corrected chi connectivity index (χ2v) is 4.51. The van der Waals surface area contributed by atoms with Crippen LogP contribution in [0.4, 0.5) is 4.79 Å². The maximum Gasteiger partial charge on any atom is 0.662 e. The van der Waals surface area contributed by atoms with Gasteiger partial charge in [-0.15, -0.1) is 0 Å². The molecule has 1 amide bonds. The Morgan fingerprint density at radius 2 is 1.50 bits per heavy atom. The zero-order chi connectivity index (χ0) is 15.9. The first-order valence-corrected chi connectivity index (χ1v) is 6.18. The summed E-state index contributed by atoms with van der Waals surface area (Å²) in [6, 6.07) is 10.3. The molecule has 0 bridgehead atoms. The molecule has 0 unspecified atom stereocenters. The van der Waals surface area contributed by atoms with Gasteiger partial charge in [0, 0.05) is 16.7 Å². The second kappa shape index (κ2) is 4.88. The van der Waals surface area contributed by atoms with Crippen LogP contribution in [0.25, 0.3) is 0 Å². The number of fused-ring (bicyclic) bond motifs is 2. The van der Waals surface area contributed by atoms with Crippen molar-refractivity contribution in [3.05, 3.63) is 74.8 Å². The van der Waals surface area contributed by atoms with Crippen molar-refractivity contribution in [3.8, 4) is 5.75 Å². The van der Waals surface area contributed by atoms with Gasteiger partial charge in [-0.3, -0.25) is 19.7 Å². The van der Waals surface area contributed by atoms with Crippen LogP contribution in [0.15, 0.2) is 42.5 Å². The molecule has 1 aliphatic rings. The Bertz CT molecular complexity index is 855. The van der Waals surface area contributed by atoms with Crippen LogP contribution in [-0.2, 0) is 0 Å². The average molecular weight is 297 g/mol. The highest BCUT2D eigenvalue weighted by atomic mass is 16.7. The smallest absolute Gasteiger partial charge is 0.368 e. The number of carbonyl (C=O) groups excluding carboxylic acids is 3. The van der Waals surface area contributed by atoms with Gasteiger partial charge in [-0.05, 0) is 6.07 Å². The number of nitro groups is 1. The molecule has 108 valence electrons. The van der Waals surface area contributed by atoms with Crippen molar-refractivity contribution in [1.82, 2.24) is 0 Å². The number of benzene rings is 2. The molecule has 0 N–H and O–H groups in total. The molecular weight excluding hydrogens is 290 g/mol. The van der Waals surface area contributed by atoms with Crippen LogP contribution in [0.5, 0.6) is 5.75 Å². The van der Waals surface area contributed by atoms with Crippen molar-refractivity contribution >= 4 is 17.7 Å². The molecule has 0 atom stereocenters. The van der Waals surface area contributed by atoms with E-state index in [1.165, 1.54) is 30.3 Å². The van der Waals surface area contributed by atoms with Crippen molar-refractivity contribution in [2.45, 2.75) is 0 Å². The van der Waals surface area contributed by atoms with Gasteiger partial charge in [-0.1, -0.05) is 36.4 Å². The molecule has 0 spiro atoms. The van der Waals surface area contributed by atoms with Gasteiger partial charge in [0.05, 0.1) is 5.56 Å². The molecule has 7 nitrogen and oxygen atoms in total. The van der Waals surface area contributed by atoms with Crippen LogP contribution in [0, 0.1) is 10.1 Å². The van der Waals surface area contributed by atoms with Gasteiger partial charge in [0.2, 0.25) is 0 Å². The van der Waals surface area contributed by atoms with Crippen molar-refractivity contribution in [3.63, 3.8) is 0 Å². The minimum atomic E-state index is -1.72. The van der Waals surface area contributed by atoms with Crippen LogP contribution in [-0.4, -0.2) is 22.6 Å². The van der Waals surface area contributed by atoms with Crippen molar-refractivity contribution in [1.29, 1.82) is 0 Å². The number of ketones is 2. The fourth-order valence-electron chi connectivity index (χ4n) is 2.33. The first-order valence-electron chi connectivity index (χ1n) is 6.18. The summed E-state index contributed by atoms with van der Waals surface area (Å²) in [6.07, 6.45) is -1.72. The molecule has 0 radical (unpaired) electrons. The van der Waals surface area contributed by atoms with Crippen molar-refractivity contribution in [2.24, 2.45) is 0 Å². The third-order valence-electron chi connectivity index (χ3n) is 3.26. The Labute approximate surface area is 123 Å². The largest absolute Gasteiger partial charge is 0.662 e. The fraction of sp³-hybridized carbons (Fsp3) is 0. The SMILES string of the molecule is O=C1c2ccccc2C(=O)c2c(OC(=O)[N+](=O)[O-])cccc21. The number of nitrogens with zero attached hydrogens (tertiary/aromatic N) is 1. The van der Waals surface area contributed by atoms with Gasteiger partial charge in [-0.25, -0.2) is 0 Å². The number of hydrogen-bond acceptors (Lipinski definition) is 6. The van der Waals surface area contributed by atoms with Gasteiger partial charge >= 0.3 is 6.09 Å². The van der Waals surface area contributed by atoms with Crippen LogP contribution < -0.4 is 4.74 Å². The van der Waals surface area contributed by atoms with Gasteiger partial charge < -0.3 is 4.74 Å². The molecule has 0 saturated heterocycles. The van der Waals surface area contributed by atoms with E-state index >= 15 is 0 Å². The predicted molar refractivity (Wildman–Crippen MR) is 72.8 cm³/mol. The Morgan fingerprint density at radius 1 is 0.909 bits per heavy atom. The first kappa shape index (κ1) is 13.6. The summed E-state index contributed by atoms with van der Waals surface area (Å²) in [4.78, 5) is 45.2. The van der Waals surface area contributed by atoms with Crippen LogP contribution in [0.3, 0.4) is 0 Å². The summed E-state index contributed by atoms with van der Waals surface area (Å²) in [6.45, 7) is 0. The topological polar surface area (TPSA) is 104 Å². The molecule has 0 aromatic heterocycles. The molecule has 1 aliphatic carbocycles. The highest BCUT2D eigenvalue weighted by Crippen LogP contribution is 2.33. The molecular formula is C15H7NO6. The Balaban J connectivity index is 2.17. The lowest BCUT2D eigenvalue weighted by Crippen LogP contribution is -2.24. The van der Waals surface area contributed by atoms with E-state index in [1.54, 1.807) is 12.1 Å². The highest BCUT2D eigenvalue weighted by Gasteiger charge is 2.33. The quantitative estimate of drug-likeness (QED) is 0.504. The highest BCUT2D eigenvalue weighted by molar-refractivity contribution is 6.29. The summed E-state index contributed by atoms with van der Waals surface area (Å²) >= 11 is 0. The second-order valence-electron chi connectivity index (χ2n) is 4.51. The monoisotopic (exact) mass is 297 g/mol. The summed E-state index contributed by atoms with van der Waals surface area (Å²) in [5.41, 5.74) is 0.334. The van der Waals surface area contributed by atoms with E-state index in [4.69, 9.17) is 0 Å². The van der Waals surface area contributed by atoms with Crippen molar-refractivity contribution < 1.29 is 24.0 Å². The lowest BCUT2D eigenvalue weighted by molar-refractivity contribution is -0.389. The summed E-state index contributed by atoms with van der Waals surface area (Å²) < 4.78 is 4.60. The number of carbonyl (C=O) groups is 3. The zero-order valence-corrected chi connectivity index (χ0v) is 10.9. The van der Waals surface area contributed by atoms with E-state index in [-0.39, 0.29) is 28.0 Å². The predicted octanol–water partition coefficient (Wildman–Crippen LogP) is 2.24. The first-order chi connectivity index (χ1) is 10.5. The van der Waals surface area contributed by atoms with Gasteiger partial charge in [0.15, 0.2) is 11.6 Å². The van der Waals surface area contributed by atoms with Gasteiger partial charge in [0.1, 0.15) is 10.7 Å². The number of rotatable bonds is 1. The van der Waals surface area contributed by atoms with E-state index in [1.807, 2.05) is 0 Å². The molecule has 0 fully saturated rings. The zero-order valence-electron chi connectivity index (χ0n) is 10.9. The minimum Gasteiger partial charge on any atom is -0.368 e. The number of amides is 1. The lowest BCUT2D eigenvalue weighted by Gasteiger charge is -2.18. The Morgan fingerprint density at radius 3 is 2.14 bits per heavy atom. The summed E-state index contributed by atoms with van der Waals surface area (Å²) in [7, 11) is 0. The van der Waals surface area contributed by atoms with E-state index in [0.29, 0.717) is 0 Å². The minimum absolute atomic E-state index is 0.0531. The van der Waals surface area contributed by atoms with Crippen LogP contribution in [0.1, 0.15) is 31.8 Å². The molecule has 2 aromatic rings. The average Bonchev–Trinajstić information content (AvgIpc) is 2.52. The molecule has 3 rings (SSSR count). The molecule has 0 aliphatic heterocycles. The van der Waals surface area contributed by atoms with E-state index < -0.39 is 22.6 Å². The van der Waals surface area contributed by atoms with E-state index in [0.717, 1.165) is 0 Å². The molecule has 2 aromatic carbocycles. The molecule has 7 heteroatoms. The fourth-order valence-corrected chi connectivity index (χ4v) is 2.33. The maximum absolute atomic E-state index is 12.5. The van der Waals surface area contributed by atoms with Crippen LogP contribution >= 0.6 is 0 Å². The normalized spacial score (nSPS) is 12.4. The Hall–Kier alpha value is -3.35. The molecule has 0 heterocycles. The number of ether oxygens (including phenoxy) is 1. The van der Waals surface area contributed by atoms with E-state index in [9.17, 15) is 24.5 Å². The summed E-state index contributed by atoms with van der Waals surface area (Å²) in [5.74, 6) is -1.21. The maximum atomic E-state index is 12.5. The van der Waals surface area contributed by atoms with Crippen molar-refractivity contribution in [2.75, 3.05) is 0 Å². The third kappa shape index (κ3) is 1.96. The summed E-state index contributed by atoms with van der Waals surface area (Å²) in [5, 5.41) is 10.4. The third-order valence-corrected chi connectivity index (χ3v) is 3.26. The number of hydrogen-bond donors (Lipinski definition) is 0. The molecule has 22 heavy (non-hydrogen) atoms. The van der Waals surface area contributed by atoms with Gasteiger partial charge in [0.25, 0.3) is 0 Å². The van der Waals surface area contributed by atoms with Crippen LogP contribution in [0.2, 0.25) is 0 Å². The van der Waals surface area contributed by atoms with E-state index in [2.05, 4.69) is 4.74 Å². The van der Waals surface area contributed by atoms with Gasteiger partial charge in [-0.2, -0.15) is 4.79 Å². The standard InChI is InChI=1S/C15H7NO6/c17-13-8-4-1-2-5-9(8)14(18)12-10(13)6-3-7-11(12)22-15(19)16(20)21/h1-7H. The molecule has 0 saturated carbocycles.